The molecule has 0 heterocycles. The van der Waals surface area contributed by atoms with E-state index < -0.39 is 36.1 Å². The predicted octanol–water partition coefficient (Wildman–Crippen LogP) is 2.63. The number of amides is 1. The normalized spacial score (nSPS) is 13.7. The lowest BCUT2D eigenvalue weighted by molar-refractivity contribution is -0.341. The van der Waals surface area contributed by atoms with Crippen molar-refractivity contribution in [3.63, 3.8) is 0 Å². The molecule has 0 aliphatic rings. The Morgan fingerprint density at radius 1 is 1.06 bits per heavy atom. The van der Waals surface area contributed by atoms with Gasteiger partial charge in [-0.25, -0.2) is 4.39 Å². The van der Waals surface area contributed by atoms with E-state index in [2.05, 4.69) is 5.73 Å². The zero-order valence-electron chi connectivity index (χ0n) is 8.74. The Morgan fingerprint density at radius 2 is 1.50 bits per heavy atom. The zero-order valence-corrected chi connectivity index (χ0v) is 9.55. The number of hydrogen-bond donors (Lipinski definition) is 1. The van der Waals surface area contributed by atoms with Gasteiger partial charge in [0.1, 0.15) is 0 Å². The molecule has 0 aliphatic heterocycles. The average molecular weight is 300 g/mol. The number of halogens is 7. The van der Waals surface area contributed by atoms with Crippen LogP contribution >= 0.6 is 11.8 Å². The number of alkyl halides is 7. The van der Waals surface area contributed by atoms with Crippen LogP contribution in [0, 0.1) is 6.42 Å². The molecule has 0 atom stereocenters. The molecule has 0 bridgehead atoms. The zero-order chi connectivity index (χ0) is 14.6. The molecule has 0 spiro atoms. The average Bonchev–Trinajstić information content (AvgIpc) is 2.12. The Labute approximate surface area is 102 Å². The molecule has 0 aromatic heterocycles. The van der Waals surface area contributed by atoms with Crippen LogP contribution < -0.4 is 5.73 Å². The van der Waals surface area contributed by atoms with E-state index in [0.29, 0.717) is 11.8 Å². The van der Waals surface area contributed by atoms with E-state index in [1.165, 1.54) is 0 Å². The molecule has 0 aromatic rings. The van der Waals surface area contributed by atoms with Crippen molar-refractivity contribution in [3.8, 4) is 0 Å². The minimum Gasteiger partial charge on any atom is -0.369 e. The van der Waals surface area contributed by atoms with Gasteiger partial charge in [-0.15, -0.1) is 0 Å². The van der Waals surface area contributed by atoms with Crippen LogP contribution in [-0.2, 0) is 4.79 Å². The molecule has 2 nitrogen and oxygen atoms in total. The van der Waals surface area contributed by atoms with E-state index in [0.717, 1.165) is 6.42 Å². The maximum absolute atomic E-state index is 13.0. The van der Waals surface area contributed by atoms with Crippen molar-refractivity contribution in [2.45, 2.75) is 24.4 Å². The second-order valence-electron chi connectivity index (χ2n) is 3.23. The summed E-state index contributed by atoms with van der Waals surface area (Å²) in [5, 5.41) is 0. The monoisotopic (exact) mass is 300 g/mol. The summed E-state index contributed by atoms with van der Waals surface area (Å²) in [6, 6.07) is 0. The minimum absolute atomic E-state index is 0.179. The molecule has 0 aliphatic carbocycles. The lowest BCUT2D eigenvalue weighted by Gasteiger charge is -2.29. The number of hydrogen-bond acceptors (Lipinski definition) is 2. The molecule has 0 saturated heterocycles. The maximum atomic E-state index is 13.0. The summed E-state index contributed by atoms with van der Waals surface area (Å²) < 4.78 is 85.3. The van der Waals surface area contributed by atoms with Crippen molar-refractivity contribution < 1.29 is 35.5 Å². The van der Waals surface area contributed by atoms with Gasteiger partial charge in [0, 0.05) is 12.2 Å². The van der Waals surface area contributed by atoms with Gasteiger partial charge in [0.05, 0.1) is 6.42 Å². The summed E-state index contributed by atoms with van der Waals surface area (Å²) in [7, 11) is 0. The Balaban J connectivity index is 4.43. The number of carbonyl (C=O) groups is 1. The summed E-state index contributed by atoms with van der Waals surface area (Å²) in [5.74, 6) is -1.79. The first kappa shape index (κ1) is 17.3. The fourth-order valence-electron chi connectivity index (χ4n) is 0.881. The third kappa shape index (κ3) is 4.54. The first-order valence-electron chi connectivity index (χ1n) is 4.44. The molecule has 0 aromatic carbocycles. The van der Waals surface area contributed by atoms with Crippen LogP contribution in [-0.4, -0.2) is 35.4 Å². The summed E-state index contributed by atoms with van der Waals surface area (Å²) >= 11 is 0.544. The van der Waals surface area contributed by atoms with Crippen LogP contribution in [0.1, 0.15) is 6.42 Å². The van der Waals surface area contributed by atoms with Gasteiger partial charge in [0.25, 0.3) is 5.67 Å². The maximum Gasteiger partial charge on any atom is 0.431 e. The van der Waals surface area contributed by atoms with Crippen LogP contribution in [0.15, 0.2) is 0 Å². The molecule has 0 unspecified atom stereocenters. The quantitative estimate of drug-likeness (QED) is 0.605. The molecule has 2 N–H and O–H groups in total. The largest absolute Gasteiger partial charge is 0.431 e. The number of primary amides is 1. The van der Waals surface area contributed by atoms with E-state index in [-0.39, 0.29) is 5.75 Å². The number of carbonyl (C=O) groups excluding carboxylic acids is 1. The highest BCUT2D eigenvalue weighted by molar-refractivity contribution is 7.99. The number of thioether (sulfide) groups is 1. The molecule has 18 heavy (non-hydrogen) atoms. The first-order valence-corrected chi connectivity index (χ1v) is 5.60. The second-order valence-corrected chi connectivity index (χ2v) is 4.38. The summed E-state index contributed by atoms with van der Waals surface area (Å²) in [4.78, 5) is 10.2. The predicted molar refractivity (Wildman–Crippen MR) is 51.4 cm³/mol. The lowest BCUT2D eigenvalue weighted by atomic mass is 10.0. The van der Waals surface area contributed by atoms with Crippen molar-refractivity contribution in [2.75, 3.05) is 11.5 Å². The van der Waals surface area contributed by atoms with Crippen LogP contribution in [0.25, 0.3) is 0 Å². The second kappa shape index (κ2) is 5.98. The molecule has 107 valence electrons. The summed E-state index contributed by atoms with van der Waals surface area (Å²) in [5.41, 5.74) is -0.579. The lowest BCUT2D eigenvalue weighted by Crippen LogP contribution is -2.53. The Morgan fingerprint density at radius 3 is 1.83 bits per heavy atom. The Hall–Kier alpha value is -0.670. The standard InChI is InChI=1S/C8H9F7NOS/c9-6(7(10,11)12,8(13,14)15)2-4-18-3-1-5(16)17/h1H,2-4H2,(H2,16,17). The van der Waals surface area contributed by atoms with E-state index in [1.54, 1.807) is 0 Å². The minimum atomic E-state index is -6.03. The van der Waals surface area contributed by atoms with Crippen LogP contribution in [0.5, 0.6) is 0 Å². The van der Waals surface area contributed by atoms with Crippen LogP contribution in [0.3, 0.4) is 0 Å². The smallest absolute Gasteiger partial charge is 0.369 e. The summed E-state index contributed by atoms with van der Waals surface area (Å²) in [6.45, 7) is 0. The third-order valence-electron chi connectivity index (χ3n) is 1.89. The fraction of sp³-hybridized carbons (Fsp3) is 0.750. The van der Waals surface area contributed by atoms with Gasteiger partial charge in [0.2, 0.25) is 5.91 Å². The van der Waals surface area contributed by atoms with E-state index in [1.807, 2.05) is 0 Å². The van der Waals surface area contributed by atoms with Gasteiger partial charge in [-0.1, -0.05) is 0 Å². The van der Waals surface area contributed by atoms with Gasteiger partial charge >= 0.3 is 12.4 Å². The Bertz CT molecular complexity index is 274. The first-order chi connectivity index (χ1) is 7.92. The highest BCUT2D eigenvalue weighted by Crippen LogP contribution is 2.48. The van der Waals surface area contributed by atoms with Gasteiger partial charge in [0.15, 0.2) is 0 Å². The van der Waals surface area contributed by atoms with Crippen molar-refractivity contribution in [3.05, 3.63) is 6.42 Å². The fourth-order valence-corrected chi connectivity index (χ4v) is 1.76. The number of nitrogens with two attached hydrogens (primary N) is 1. The van der Waals surface area contributed by atoms with Crippen LogP contribution in [0.2, 0.25) is 0 Å². The van der Waals surface area contributed by atoms with Crippen molar-refractivity contribution in [1.29, 1.82) is 0 Å². The molecule has 0 fully saturated rings. The Kier molecular flexibility index (Phi) is 5.76. The highest BCUT2D eigenvalue weighted by Gasteiger charge is 2.71. The van der Waals surface area contributed by atoms with Crippen molar-refractivity contribution in [1.82, 2.24) is 0 Å². The topological polar surface area (TPSA) is 43.1 Å². The van der Waals surface area contributed by atoms with E-state index in [4.69, 9.17) is 0 Å². The van der Waals surface area contributed by atoms with Gasteiger partial charge < -0.3 is 5.73 Å². The van der Waals surface area contributed by atoms with Crippen molar-refractivity contribution in [2.24, 2.45) is 5.73 Å². The summed E-state index contributed by atoms with van der Waals surface area (Å²) in [6.07, 6.45) is -13.0. The van der Waals surface area contributed by atoms with Crippen molar-refractivity contribution >= 4 is 17.7 Å². The number of rotatable bonds is 6. The van der Waals surface area contributed by atoms with Gasteiger partial charge in [-0.2, -0.15) is 38.1 Å². The molecule has 0 saturated carbocycles. The molecule has 1 amide bonds. The SMILES string of the molecule is NC(=O)[CH]CSCCC(F)(C(F)(F)F)C(F)(F)F. The molecule has 10 heteroatoms. The molecular weight excluding hydrogens is 291 g/mol. The highest BCUT2D eigenvalue weighted by atomic mass is 32.2. The third-order valence-corrected chi connectivity index (χ3v) is 2.79. The van der Waals surface area contributed by atoms with Gasteiger partial charge in [-0.05, 0) is 5.75 Å². The van der Waals surface area contributed by atoms with E-state index >= 15 is 0 Å². The molecular formula is C8H9F7NOS. The van der Waals surface area contributed by atoms with Gasteiger partial charge in [-0.3, -0.25) is 4.79 Å². The molecule has 0 rings (SSSR count). The van der Waals surface area contributed by atoms with E-state index in [9.17, 15) is 35.5 Å². The van der Waals surface area contributed by atoms with Crippen LogP contribution in [0.4, 0.5) is 30.7 Å². The molecule has 1 radical (unpaired) electrons.